The Balaban J connectivity index is 0.00000180. The zero-order valence-corrected chi connectivity index (χ0v) is 12.0. The average Bonchev–Trinajstić information content (AvgIpc) is 2.38. The number of rotatable bonds is 3. The normalized spacial score (nSPS) is 11.8. The Kier molecular flexibility index (Phi) is 4.75. The van der Waals surface area contributed by atoms with Gasteiger partial charge in [0.1, 0.15) is 5.60 Å². The van der Waals surface area contributed by atoms with Crippen LogP contribution in [0.3, 0.4) is 0 Å². The smallest absolute Gasteiger partial charge is 0.132 e. The Labute approximate surface area is 120 Å². The van der Waals surface area contributed by atoms with Gasteiger partial charge in [-0.25, -0.2) is 0 Å². The van der Waals surface area contributed by atoms with Crippen molar-refractivity contribution in [2.75, 3.05) is 0 Å². The molecule has 0 saturated carbocycles. The summed E-state index contributed by atoms with van der Waals surface area (Å²) in [5, 5.41) is 11.2. The van der Waals surface area contributed by atoms with E-state index in [2.05, 4.69) is 0 Å². The SMILES string of the molecule is CC(C)(N)C(O)(c1ccccc1)c1ccccc1.Cl. The minimum Gasteiger partial charge on any atom is -0.378 e. The molecule has 0 aromatic heterocycles. The Bertz CT molecular complexity index is 466. The van der Waals surface area contributed by atoms with Crippen LogP contribution < -0.4 is 5.73 Å². The molecule has 0 spiro atoms. The van der Waals surface area contributed by atoms with Crippen LogP contribution in [0.15, 0.2) is 60.7 Å². The van der Waals surface area contributed by atoms with Crippen molar-refractivity contribution in [3.63, 3.8) is 0 Å². The van der Waals surface area contributed by atoms with E-state index in [0.717, 1.165) is 11.1 Å². The predicted octanol–water partition coefficient (Wildman–Crippen LogP) is 3.08. The van der Waals surface area contributed by atoms with Crippen molar-refractivity contribution < 1.29 is 5.11 Å². The van der Waals surface area contributed by atoms with Gasteiger partial charge in [0.25, 0.3) is 0 Å². The van der Waals surface area contributed by atoms with Gasteiger partial charge in [-0.2, -0.15) is 0 Å². The third kappa shape index (κ3) is 2.81. The largest absolute Gasteiger partial charge is 0.378 e. The molecule has 2 nitrogen and oxygen atoms in total. The summed E-state index contributed by atoms with van der Waals surface area (Å²) in [5.74, 6) is 0. The summed E-state index contributed by atoms with van der Waals surface area (Å²) < 4.78 is 0. The van der Waals surface area contributed by atoms with Gasteiger partial charge in [-0.15, -0.1) is 12.4 Å². The van der Waals surface area contributed by atoms with Gasteiger partial charge >= 0.3 is 0 Å². The first-order valence-electron chi connectivity index (χ1n) is 6.08. The summed E-state index contributed by atoms with van der Waals surface area (Å²) in [6, 6.07) is 19.1. The first-order valence-corrected chi connectivity index (χ1v) is 6.08. The van der Waals surface area contributed by atoms with Gasteiger partial charge in [-0.3, -0.25) is 0 Å². The lowest BCUT2D eigenvalue weighted by molar-refractivity contribution is 0.0132. The van der Waals surface area contributed by atoms with Gasteiger partial charge in [0.15, 0.2) is 0 Å². The van der Waals surface area contributed by atoms with Crippen molar-refractivity contribution in [1.29, 1.82) is 0 Å². The van der Waals surface area contributed by atoms with Crippen LogP contribution in [0.2, 0.25) is 0 Å². The Morgan fingerprint density at radius 2 is 1.11 bits per heavy atom. The van der Waals surface area contributed by atoms with Crippen molar-refractivity contribution in [3.05, 3.63) is 71.8 Å². The molecular formula is C16H20ClNO. The summed E-state index contributed by atoms with van der Waals surface area (Å²) >= 11 is 0. The van der Waals surface area contributed by atoms with Crippen molar-refractivity contribution >= 4 is 12.4 Å². The van der Waals surface area contributed by atoms with E-state index >= 15 is 0 Å². The van der Waals surface area contributed by atoms with Crippen molar-refractivity contribution in [2.45, 2.75) is 25.0 Å². The molecule has 0 atom stereocenters. The molecule has 3 heteroatoms. The zero-order valence-electron chi connectivity index (χ0n) is 11.2. The van der Waals surface area contributed by atoms with Gasteiger partial charge in [0.05, 0.1) is 0 Å². The van der Waals surface area contributed by atoms with Gasteiger partial charge < -0.3 is 10.8 Å². The Morgan fingerprint density at radius 1 is 0.789 bits per heavy atom. The van der Waals surface area contributed by atoms with E-state index in [-0.39, 0.29) is 12.4 Å². The monoisotopic (exact) mass is 277 g/mol. The number of nitrogens with two attached hydrogens (primary N) is 1. The number of halogens is 1. The summed E-state index contributed by atoms with van der Waals surface area (Å²) in [4.78, 5) is 0. The molecule has 0 unspecified atom stereocenters. The van der Waals surface area contributed by atoms with Crippen LogP contribution in [0.4, 0.5) is 0 Å². The highest BCUT2D eigenvalue weighted by Gasteiger charge is 2.43. The molecule has 2 aromatic carbocycles. The summed E-state index contributed by atoms with van der Waals surface area (Å²) in [7, 11) is 0. The molecule has 2 rings (SSSR count). The highest BCUT2D eigenvalue weighted by Crippen LogP contribution is 2.37. The molecule has 0 aliphatic heterocycles. The molecule has 19 heavy (non-hydrogen) atoms. The maximum Gasteiger partial charge on any atom is 0.132 e. The fourth-order valence-electron chi connectivity index (χ4n) is 2.27. The second kappa shape index (κ2) is 5.74. The summed E-state index contributed by atoms with van der Waals surface area (Å²) in [6.45, 7) is 3.68. The zero-order chi connectivity index (χ0) is 13.2. The maximum absolute atomic E-state index is 11.2. The highest BCUT2D eigenvalue weighted by atomic mass is 35.5. The van der Waals surface area contributed by atoms with Crippen LogP contribution in [0, 0.1) is 0 Å². The summed E-state index contributed by atoms with van der Waals surface area (Å²) in [6.07, 6.45) is 0. The third-order valence-electron chi connectivity index (χ3n) is 3.32. The predicted molar refractivity (Wildman–Crippen MR) is 81.4 cm³/mol. The van der Waals surface area contributed by atoms with E-state index < -0.39 is 11.1 Å². The van der Waals surface area contributed by atoms with E-state index in [1.54, 1.807) is 0 Å². The van der Waals surface area contributed by atoms with Crippen LogP contribution in [0.5, 0.6) is 0 Å². The Hall–Kier alpha value is -1.35. The lowest BCUT2D eigenvalue weighted by Gasteiger charge is -2.41. The molecule has 0 bridgehead atoms. The number of aliphatic hydroxyl groups is 1. The second-order valence-corrected chi connectivity index (χ2v) is 5.16. The minimum atomic E-state index is -1.20. The lowest BCUT2D eigenvalue weighted by atomic mass is 9.73. The Morgan fingerprint density at radius 3 is 1.37 bits per heavy atom. The molecule has 0 heterocycles. The molecule has 0 amide bonds. The first kappa shape index (κ1) is 15.7. The van der Waals surface area contributed by atoms with Crippen molar-refractivity contribution in [1.82, 2.24) is 0 Å². The fourth-order valence-corrected chi connectivity index (χ4v) is 2.27. The molecule has 0 radical (unpaired) electrons. The van der Waals surface area contributed by atoms with Gasteiger partial charge in [0.2, 0.25) is 0 Å². The quantitative estimate of drug-likeness (QED) is 0.906. The molecule has 0 fully saturated rings. The van der Waals surface area contributed by atoms with Crippen LogP contribution >= 0.6 is 12.4 Å². The summed E-state index contributed by atoms with van der Waals surface area (Å²) in [5.41, 5.74) is 5.87. The van der Waals surface area contributed by atoms with Crippen LogP contribution in [-0.2, 0) is 5.60 Å². The van der Waals surface area contributed by atoms with Crippen LogP contribution in [0.25, 0.3) is 0 Å². The molecule has 102 valence electrons. The molecule has 0 aliphatic rings. The van der Waals surface area contributed by atoms with E-state index in [9.17, 15) is 5.11 Å². The molecular weight excluding hydrogens is 258 g/mol. The van der Waals surface area contributed by atoms with E-state index in [4.69, 9.17) is 5.73 Å². The first-order chi connectivity index (χ1) is 8.46. The second-order valence-electron chi connectivity index (χ2n) is 5.16. The van der Waals surface area contributed by atoms with Crippen molar-refractivity contribution in [3.8, 4) is 0 Å². The average molecular weight is 278 g/mol. The van der Waals surface area contributed by atoms with Crippen molar-refractivity contribution in [2.24, 2.45) is 5.73 Å². The van der Waals surface area contributed by atoms with E-state index in [0.29, 0.717) is 0 Å². The molecule has 0 aliphatic carbocycles. The van der Waals surface area contributed by atoms with Gasteiger partial charge in [-0.05, 0) is 25.0 Å². The fraction of sp³-hybridized carbons (Fsp3) is 0.250. The molecule has 2 aromatic rings. The third-order valence-corrected chi connectivity index (χ3v) is 3.32. The maximum atomic E-state index is 11.2. The number of benzene rings is 2. The lowest BCUT2D eigenvalue weighted by Crippen LogP contribution is -2.54. The van der Waals surface area contributed by atoms with E-state index in [1.807, 2.05) is 74.5 Å². The van der Waals surface area contributed by atoms with Crippen LogP contribution in [-0.4, -0.2) is 10.6 Å². The van der Waals surface area contributed by atoms with Crippen LogP contribution in [0.1, 0.15) is 25.0 Å². The molecule has 0 saturated heterocycles. The van der Waals surface area contributed by atoms with Gasteiger partial charge in [-0.1, -0.05) is 60.7 Å². The number of hydrogen-bond acceptors (Lipinski definition) is 2. The number of hydrogen-bond donors (Lipinski definition) is 2. The minimum absolute atomic E-state index is 0. The van der Waals surface area contributed by atoms with Gasteiger partial charge in [0, 0.05) is 5.54 Å². The van der Waals surface area contributed by atoms with E-state index in [1.165, 1.54) is 0 Å². The highest BCUT2D eigenvalue weighted by molar-refractivity contribution is 5.85. The topological polar surface area (TPSA) is 46.2 Å². The molecule has 3 N–H and O–H groups in total. The standard InChI is InChI=1S/C16H19NO.ClH/c1-15(2,17)16(18,13-9-5-3-6-10-13)14-11-7-4-8-12-14;/h3-12,18H,17H2,1-2H3;1H.